The van der Waals surface area contributed by atoms with Gasteiger partial charge >= 0.3 is 0 Å². The summed E-state index contributed by atoms with van der Waals surface area (Å²) in [6, 6.07) is 6.88. The third-order valence-electron chi connectivity index (χ3n) is 4.84. The molecule has 3 rings (SSSR count). The van der Waals surface area contributed by atoms with Gasteiger partial charge in [-0.2, -0.15) is 5.10 Å². The molecule has 0 unspecified atom stereocenters. The number of nitrogens with zero attached hydrogens (tertiary/aromatic N) is 4. The monoisotopic (exact) mass is 385 g/mol. The summed E-state index contributed by atoms with van der Waals surface area (Å²) in [6.07, 6.45) is 4.81. The lowest BCUT2D eigenvalue weighted by molar-refractivity contribution is -0.130. The van der Waals surface area contributed by atoms with E-state index in [1.807, 2.05) is 24.3 Å². The van der Waals surface area contributed by atoms with Crippen molar-refractivity contribution in [2.45, 2.75) is 13.0 Å². The molecule has 0 bridgehead atoms. The zero-order valence-electron chi connectivity index (χ0n) is 16.4. The molecular formula is C20H27N5O3. The van der Waals surface area contributed by atoms with Gasteiger partial charge in [-0.05, 0) is 24.6 Å². The molecule has 1 aliphatic heterocycles. The van der Waals surface area contributed by atoms with Gasteiger partial charge in [-0.15, -0.1) is 0 Å². The van der Waals surface area contributed by atoms with Crippen LogP contribution in [0.5, 0.6) is 5.75 Å². The van der Waals surface area contributed by atoms with E-state index in [1.54, 1.807) is 36.1 Å². The van der Waals surface area contributed by atoms with Crippen molar-refractivity contribution in [3.63, 3.8) is 0 Å². The molecule has 8 heteroatoms. The van der Waals surface area contributed by atoms with Crippen LogP contribution in [0.25, 0.3) is 0 Å². The van der Waals surface area contributed by atoms with E-state index in [9.17, 15) is 9.59 Å². The summed E-state index contributed by atoms with van der Waals surface area (Å²) < 4.78 is 6.93. The SMILES string of the molecule is COc1cccc(C(=O)NCC(=O)N2CCCN(Cc3cnn(C)c3)CC2)c1. The number of rotatable bonds is 6. The maximum atomic E-state index is 12.5. The Balaban J connectivity index is 1.47. The molecule has 2 heterocycles. The molecule has 0 atom stereocenters. The summed E-state index contributed by atoms with van der Waals surface area (Å²) in [5.41, 5.74) is 1.65. The molecule has 1 fully saturated rings. The highest BCUT2D eigenvalue weighted by Crippen LogP contribution is 2.12. The lowest BCUT2D eigenvalue weighted by Gasteiger charge is -2.22. The molecule has 8 nitrogen and oxygen atoms in total. The molecule has 1 aromatic heterocycles. The predicted octanol–water partition coefficient (Wildman–Crippen LogP) is 0.893. The minimum Gasteiger partial charge on any atom is -0.497 e. The molecule has 150 valence electrons. The number of hydrogen-bond donors (Lipinski definition) is 1. The summed E-state index contributed by atoms with van der Waals surface area (Å²) in [5, 5.41) is 6.91. The molecule has 28 heavy (non-hydrogen) atoms. The second kappa shape index (κ2) is 9.36. The van der Waals surface area contributed by atoms with Crippen molar-refractivity contribution in [1.29, 1.82) is 0 Å². The summed E-state index contributed by atoms with van der Waals surface area (Å²) in [4.78, 5) is 29.0. The van der Waals surface area contributed by atoms with Gasteiger partial charge in [0.25, 0.3) is 5.91 Å². The fourth-order valence-corrected chi connectivity index (χ4v) is 3.32. The maximum Gasteiger partial charge on any atom is 0.251 e. The average molecular weight is 385 g/mol. The van der Waals surface area contributed by atoms with E-state index in [2.05, 4.69) is 15.3 Å². The first-order valence-electron chi connectivity index (χ1n) is 9.45. The molecular weight excluding hydrogens is 358 g/mol. The number of benzene rings is 1. The largest absolute Gasteiger partial charge is 0.497 e. The van der Waals surface area contributed by atoms with Crippen molar-refractivity contribution in [1.82, 2.24) is 24.9 Å². The van der Waals surface area contributed by atoms with Gasteiger partial charge in [0.2, 0.25) is 5.91 Å². The van der Waals surface area contributed by atoms with Gasteiger partial charge in [0.05, 0.1) is 19.9 Å². The summed E-state index contributed by atoms with van der Waals surface area (Å²) in [5.74, 6) is 0.278. The molecule has 1 aliphatic rings. The van der Waals surface area contributed by atoms with Gasteiger partial charge in [0.1, 0.15) is 5.75 Å². The van der Waals surface area contributed by atoms with Gasteiger partial charge in [-0.25, -0.2) is 0 Å². The minimum absolute atomic E-state index is 0.00134. The van der Waals surface area contributed by atoms with Crippen LogP contribution in [0.3, 0.4) is 0 Å². The van der Waals surface area contributed by atoms with Crippen molar-refractivity contribution < 1.29 is 14.3 Å². The Kier molecular flexibility index (Phi) is 6.65. The Morgan fingerprint density at radius 2 is 2.07 bits per heavy atom. The standard InChI is InChI=1S/C20H27N5O3/c1-23-14-16(12-22-23)15-24-7-4-8-25(10-9-24)19(26)13-21-20(27)17-5-3-6-18(11-17)28-2/h3,5-6,11-12,14H,4,7-10,13,15H2,1-2H3,(H,21,27). The van der Waals surface area contributed by atoms with Crippen LogP contribution in [0.15, 0.2) is 36.7 Å². The zero-order chi connectivity index (χ0) is 19.9. The number of hydrogen-bond acceptors (Lipinski definition) is 5. The van der Waals surface area contributed by atoms with Crippen LogP contribution in [0.4, 0.5) is 0 Å². The average Bonchev–Trinajstić information content (AvgIpc) is 2.97. The molecule has 0 saturated carbocycles. The maximum absolute atomic E-state index is 12.5. The van der Waals surface area contributed by atoms with Crippen LogP contribution < -0.4 is 10.1 Å². The first-order valence-corrected chi connectivity index (χ1v) is 9.45. The summed E-state index contributed by atoms with van der Waals surface area (Å²) in [6.45, 7) is 3.95. The van der Waals surface area contributed by atoms with Crippen LogP contribution in [0, 0.1) is 0 Å². The van der Waals surface area contributed by atoms with E-state index in [0.29, 0.717) is 24.4 Å². The fraction of sp³-hybridized carbons (Fsp3) is 0.450. The molecule has 1 saturated heterocycles. The number of aryl methyl sites for hydroxylation is 1. The van der Waals surface area contributed by atoms with Crippen LogP contribution in [0.2, 0.25) is 0 Å². The van der Waals surface area contributed by atoms with E-state index in [0.717, 1.165) is 26.1 Å². The van der Waals surface area contributed by atoms with E-state index in [-0.39, 0.29) is 18.4 Å². The summed E-state index contributed by atoms with van der Waals surface area (Å²) >= 11 is 0. The van der Waals surface area contributed by atoms with Crippen molar-refractivity contribution in [3.05, 3.63) is 47.8 Å². The number of ether oxygens (including phenoxy) is 1. The molecule has 2 amide bonds. The lowest BCUT2D eigenvalue weighted by Crippen LogP contribution is -2.42. The first kappa shape index (κ1) is 19.9. The van der Waals surface area contributed by atoms with E-state index < -0.39 is 0 Å². The number of aromatic nitrogens is 2. The fourth-order valence-electron chi connectivity index (χ4n) is 3.32. The molecule has 2 aromatic rings. The number of nitrogens with one attached hydrogen (secondary N) is 1. The molecule has 1 N–H and O–H groups in total. The highest BCUT2D eigenvalue weighted by atomic mass is 16.5. The molecule has 0 aliphatic carbocycles. The van der Waals surface area contributed by atoms with Crippen LogP contribution in [-0.2, 0) is 18.4 Å². The molecule has 0 spiro atoms. The van der Waals surface area contributed by atoms with Crippen LogP contribution in [-0.4, -0.2) is 71.2 Å². The molecule has 0 radical (unpaired) electrons. The Morgan fingerprint density at radius 1 is 1.21 bits per heavy atom. The normalized spacial score (nSPS) is 15.1. The summed E-state index contributed by atoms with van der Waals surface area (Å²) in [7, 11) is 3.46. The predicted molar refractivity (Wildman–Crippen MR) is 105 cm³/mol. The number of methoxy groups -OCH3 is 1. The minimum atomic E-state index is -0.278. The van der Waals surface area contributed by atoms with Crippen LogP contribution in [0.1, 0.15) is 22.3 Å². The Hall–Kier alpha value is -2.87. The lowest BCUT2D eigenvalue weighted by atomic mass is 10.2. The van der Waals surface area contributed by atoms with Crippen molar-refractivity contribution in [2.75, 3.05) is 39.8 Å². The third-order valence-corrected chi connectivity index (χ3v) is 4.84. The van der Waals surface area contributed by atoms with Crippen molar-refractivity contribution >= 4 is 11.8 Å². The van der Waals surface area contributed by atoms with Gasteiger partial charge in [-0.1, -0.05) is 6.07 Å². The number of amides is 2. The van der Waals surface area contributed by atoms with Gasteiger partial charge in [0, 0.05) is 57.1 Å². The smallest absolute Gasteiger partial charge is 0.251 e. The Morgan fingerprint density at radius 3 is 2.82 bits per heavy atom. The number of carbonyl (C=O) groups excluding carboxylic acids is 2. The second-order valence-corrected chi connectivity index (χ2v) is 6.95. The van der Waals surface area contributed by atoms with E-state index in [1.165, 1.54) is 5.56 Å². The third kappa shape index (κ3) is 5.32. The topological polar surface area (TPSA) is 79.7 Å². The van der Waals surface area contributed by atoms with Gasteiger partial charge < -0.3 is 15.0 Å². The quantitative estimate of drug-likeness (QED) is 0.799. The molecule has 1 aromatic carbocycles. The highest BCUT2D eigenvalue weighted by Gasteiger charge is 2.20. The zero-order valence-corrected chi connectivity index (χ0v) is 16.4. The van der Waals surface area contributed by atoms with E-state index in [4.69, 9.17) is 4.74 Å². The Bertz CT molecular complexity index is 820. The van der Waals surface area contributed by atoms with Crippen molar-refractivity contribution in [2.24, 2.45) is 7.05 Å². The number of carbonyl (C=O) groups is 2. The van der Waals surface area contributed by atoms with E-state index >= 15 is 0 Å². The first-order chi connectivity index (χ1) is 13.5. The van der Waals surface area contributed by atoms with Gasteiger partial charge in [0.15, 0.2) is 0 Å². The Labute approximate surface area is 165 Å². The van der Waals surface area contributed by atoms with Gasteiger partial charge in [-0.3, -0.25) is 19.2 Å². The second-order valence-electron chi connectivity index (χ2n) is 6.95. The van der Waals surface area contributed by atoms with Crippen LogP contribution >= 0.6 is 0 Å². The van der Waals surface area contributed by atoms with Crippen molar-refractivity contribution in [3.8, 4) is 5.75 Å². The highest BCUT2D eigenvalue weighted by molar-refractivity contribution is 5.96.